The largest absolute Gasteiger partial charge is 0.478 e. The van der Waals surface area contributed by atoms with Crippen molar-refractivity contribution in [2.75, 3.05) is 13.1 Å². The van der Waals surface area contributed by atoms with Crippen molar-refractivity contribution in [1.29, 1.82) is 0 Å². The summed E-state index contributed by atoms with van der Waals surface area (Å²) >= 11 is 0. The van der Waals surface area contributed by atoms with E-state index >= 15 is 0 Å². The number of carbonyl (C=O) groups is 1. The second-order valence-electron chi connectivity index (χ2n) is 6.17. The van der Waals surface area contributed by atoms with Crippen LogP contribution >= 0.6 is 0 Å². The van der Waals surface area contributed by atoms with Gasteiger partial charge in [-0.15, -0.1) is 0 Å². The minimum Gasteiger partial charge on any atom is -0.478 e. The van der Waals surface area contributed by atoms with Gasteiger partial charge < -0.3 is 9.67 Å². The number of nitrogens with zero attached hydrogens (tertiary/aromatic N) is 2. The van der Waals surface area contributed by atoms with Gasteiger partial charge in [0, 0.05) is 43.4 Å². The summed E-state index contributed by atoms with van der Waals surface area (Å²) in [5, 5.41) is 8.80. The average Bonchev–Trinajstić information content (AvgIpc) is 2.47. The summed E-state index contributed by atoms with van der Waals surface area (Å²) < 4.78 is 1.84. The molecule has 5 nitrogen and oxygen atoms in total. The predicted octanol–water partition coefficient (Wildman–Crippen LogP) is 1.98. The molecule has 5 heteroatoms. The van der Waals surface area contributed by atoms with E-state index in [1.54, 1.807) is 0 Å². The Balaban J connectivity index is 2.53. The van der Waals surface area contributed by atoms with Crippen LogP contribution in [0.15, 0.2) is 16.9 Å². The van der Waals surface area contributed by atoms with Crippen LogP contribution in [0.1, 0.15) is 37.6 Å². The molecule has 1 aliphatic heterocycles. The molecule has 0 saturated carbocycles. The van der Waals surface area contributed by atoms with E-state index in [1.807, 2.05) is 10.6 Å². The Bertz CT molecular complexity index is 644. The fourth-order valence-electron chi connectivity index (χ4n) is 2.91. The zero-order valence-electron chi connectivity index (χ0n) is 13.5. The molecule has 0 atom stereocenters. The monoisotopic (exact) mass is 304 g/mol. The number of carboxylic acids is 1. The lowest BCUT2D eigenvalue weighted by Gasteiger charge is -2.30. The molecule has 0 bridgehead atoms. The van der Waals surface area contributed by atoms with E-state index in [4.69, 9.17) is 5.11 Å². The molecule has 2 rings (SSSR count). The van der Waals surface area contributed by atoms with Crippen LogP contribution in [0.5, 0.6) is 0 Å². The summed E-state index contributed by atoms with van der Waals surface area (Å²) in [7, 11) is 0. The number of hydrogen-bond donors (Lipinski definition) is 1. The number of fused-ring (bicyclic) bond motifs is 1. The Morgan fingerprint density at radius 2 is 2.18 bits per heavy atom. The number of pyridine rings is 1. The van der Waals surface area contributed by atoms with E-state index in [1.165, 1.54) is 6.08 Å². The molecule has 0 spiro atoms. The second kappa shape index (κ2) is 6.92. The van der Waals surface area contributed by atoms with Gasteiger partial charge in [0.15, 0.2) is 0 Å². The van der Waals surface area contributed by atoms with Crippen molar-refractivity contribution < 1.29 is 9.90 Å². The van der Waals surface area contributed by atoms with Gasteiger partial charge in [-0.25, -0.2) is 4.79 Å². The highest BCUT2D eigenvalue weighted by Crippen LogP contribution is 2.20. The summed E-state index contributed by atoms with van der Waals surface area (Å²) in [6.45, 7) is 9.72. The maximum Gasteiger partial charge on any atom is 0.328 e. The lowest BCUT2D eigenvalue weighted by molar-refractivity contribution is -0.131. The first-order valence-corrected chi connectivity index (χ1v) is 7.81. The average molecular weight is 304 g/mol. The Labute approximate surface area is 130 Å². The highest BCUT2D eigenvalue weighted by molar-refractivity contribution is 5.85. The molecule has 2 heterocycles. The van der Waals surface area contributed by atoms with Gasteiger partial charge in [-0.05, 0) is 30.2 Å². The topological polar surface area (TPSA) is 62.5 Å². The third-order valence-electron chi connectivity index (χ3n) is 3.98. The lowest BCUT2D eigenvalue weighted by atomic mass is 10.0. The molecular formula is C17H24N2O3. The van der Waals surface area contributed by atoms with Crippen LogP contribution < -0.4 is 5.56 Å². The van der Waals surface area contributed by atoms with Crippen molar-refractivity contribution in [3.63, 3.8) is 0 Å². The first-order chi connectivity index (χ1) is 10.4. The number of aromatic nitrogens is 1. The fourth-order valence-corrected chi connectivity index (χ4v) is 2.91. The van der Waals surface area contributed by atoms with Gasteiger partial charge in [0.05, 0.1) is 0 Å². The van der Waals surface area contributed by atoms with Crippen LogP contribution in [-0.4, -0.2) is 33.6 Å². The van der Waals surface area contributed by atoms with Crippen LogP contribution in [-0.2, 0) is 24.3 Å². The van der Waals surface area contributed by atoms with Crippen LogP contribution in [0.4, 0.5) is 0 Å². The molecule has 0 amide bonds. The van der Waals surface area contributed by atoms with Crippen LogP contribution in [0.2, 0.25) is 0 Å². The molecule has 1 aromatic heterocycles. The first-order valence-electron chi connectivity index (χ1n) is 7.81. The maximum atomic E-state index is 12.6. The van der Waals surface area contributed by atoms with Crippen molar-refractivity contribution in [2.24, 2.45) is 5.92 Å². The minimum atomic E-state index is -1.04. The minimum absolute atomic E-state index is 0.0881. The number of rotatable bonds is 5. The lowest BCUT2D eigenvalue weighted by Crippen LogP contribution is -2.37. The summed E-state index contributed by atoms with van der Waals surface area (Å²) in [5.74, 6) is -0.674. The Hall–Kier alpha value is -1.88. The Kier molecular flexibility index (Phi) is 5.19. The van der Waals surface area contributed by atoms with Crippen molar-refractivity contribution >= 4 is 12.0 Å². The van der Waals surface area contributed by atoms with Gasteiger partial charge in [-0.3, -0.25) is 9.69 Å². The normalized spacial score (nSPS) is 15.5. The maximum absolute atomic E-state index is 12.6. The number of aliphatic carboxylic acids is 1. The van der Waals surface area contributed by atoms with Crippen molar-refractivity contribution in [1.82, 2.24) is 9.47 Å². The molecular weight excluding hydrogens is 280 g/mol. The molecule has 0 radical (unpaired) electrons. The van der Waals surface area contributed by atoms with Gasteiger partial charge in [-0.2, -0.15) is 0 Å². The van der Waals surface area contributed by atoms with Crippen molar-refractivity contribution in [3.05, 3.63) is 39.3 Å². The number of hydrogen-bond acceptors (Lipinski definition) is 3. The van der Waals surface area contributed by atoms with Gasteiger partial charge in [0.25, 0.3) is 5.56 Å². The summed E-state index contributed by atoms with van der Waals surface area (Å²) in [6, 6.07) is 1.86. The zero-order chi connectivity index (χ0) is 16.3. The molecule has 0 unspecified atom stereocenters. The quantitative estimate of drug-likeness (QED) is 0.845. The first kappa shape index (κ1) is 16.5. The summed E-state index contributed by atoms with van der Waals surface area (Å²) in [4.78, 5) is 25.7. The van der Waals surface area contributed by atoms with Crippen LogP contribution in [0.3, 0.4) is 0 Å². The molecule has 1 aliphatic rings. The Morgan fingerprint density at radius 3 is 2.77 bits per heavy atom. The summed E-state index contributed by atoms with van der Waals surface area (Å²) in [6.07, 6.45) is 3.31. The van der Waals surface area contributed by atoms with Crippen LogP contribution in [0.25, 0.3) is 6.08 Å². The highest BCUT2D eigenvalue weighted by Gasteiger charge is 2.20. The molecule has 0 saturated heterocycles. The standard InChI is InChI=1S/C17H24N2O3/c1-4-18-8-7-15-14(11-18)9-13(5-6-16(20)21)17(22)19(15)10-12(2)3/h5-6,9,12H,4,7-8,10-11H2,1-3H3,(H,20,21)/b6-5+. The van der Waals surface area contributed by atoms with E-state index in [0.717, 1.165) is 43.4 Å². The molecule has 0 aliphatic carbocycles. The molecule has 0 aromatic carbocycles. The van der Waals surface area contributed by atoms with E-state index in [9.17, 15) is 9.59 Å². The number of carboxylic acid groups (broad SMARTS) is 1. The van der Waals surface area contributed by atoms with E-state index < -0.39 is 5.97 Å². The zero-order valence-corrected chi connectivity index (χ0v) is 13.5. The van der Waals surface area contributed by atoms with Crippen molar-refractivity contribution in [2.45, 2.75) is 40.3 Å². The van der Waals surface area contributed by atoms with Gasteiger partial charge in [0.2, 0.25) is 0 Å². The van der Waals surface area contributed by atoms with Gasteiger partial charge in [-0.1, -0.05) is 20.8 Å². The highest BCUT2D eigenvalue weighted by atomic mass is 16.4. The molecule has 22 heavy (non-hydrogen) atoms. The van der Waals surface area contributed by atoms with Crippen LogP contribution in [0, 0.1) is 5.92 Å². The van der Waals surface area contributed by atoms with Gasteiger partial charge >= 0.3 is 5.97 Å². The Morgan fingerprint density at radius 1 is 1.45 bits per heavy atom. The third-order valence-corrected chi connectivity index (χ3v) is 3.98. The van der Waals surface area contributed by atoms with E-state index in [0.29, 0.717) is 18.0 Å². The van der Waals surface area contributed by atoms with Crippen molar-refractivity contribution in [3.8, 4) is 0 Å². The molecule has 120 valence electrons. The fraction of sp³-hybridized carbons (Fsp3) is 0.529. The van der Waals surface area contributed by atoms with Gasteiger partial charge in [0.1, 0.15) is 0 Å². The second-order valence-corrected chi connectivity index (χ2v) is 6.17. The number of likely N-dealkylation sites (N-methyl/N-ethyl adjacent to an activating group) is 1. The molecule has 1 N–H and O–H groups in total. The molecule has 0 fully saturated rings. The van der Waals surface area contributed by atoms with E-state index in [2.05, 4.69) is 25.7 Å². The van der Waals surface area contributed by atoms with E-state index in [-0.39, 0.29) is 5.56 Å². The SMILES string of the molecule is CCN1CCc2c(cc(/C=C/C(=O)O)c(=O)n2CC(C)C)C1. The summed E-state index contributed by atoms with van der Waals surface area (Å²) in [5.41, 5.74) is 2.61. The predicted molar refractivity (Wildman–Crippen MR) is 86.9 cm³/mol. The smallest absolute Gasteiger partial charge is 0.328 e. The molecule has 1 aromatic rings. The third kappa shape index (κ3) is 3.65.